The van der Waals surface area contributed by atoms with Crippen LogP contribution in [0.2, 0.25) is 5.04 Å². The van der Waals surface area contributed by atoms with E-state index in [-0.39, 0.29) is 23.4 Å². The molecule has 2 aliphatic heterocycles. The van der Waals surface area contributed by atoms with Crippen molar-refractivity contribution >= 4 is 18.7 Å². The van der Waals surface area contributed by atoms with Crippen molar-refractivity contribution in [2.24, 2.45) is 0 Å². The van der Waals surface area contributed by atoms with E-state index in [1.165, 1.54) is 10.4 Å². The van der Waals surface area contributed by atoms with Gasteiger partial charge in [0.15, 0.2) is 0 Å². The second kappa shape index (κ2) is 9.46. The van der Waals surface area contributed by atoms with E-state index < -0.39 is 19.9 Å². The predicted octanol–water partition coefficient (Wildman–Crippen LogP) is 3.47. The van der Waals surface area contributed by atoms with Crippen molar-refractivity contribution in [1.29, 1.82) is 0 Å². The summed E-state index contributed by atoms with van der Waals surface area (Å²) < 4.78 is 37.3. The fourth-order valence-corrected chi connectivity index (χ4v) is 9.60. The van der Waals surface area contributed by atoms with Gasteiger partial charge < -0.3 is 28.1 Å². The maximum Gasteiger partial charge on any atom is 0.261 e. The topological polar surface area (TPSA) is 58.7 Å². The van der Waals surface area contributed by atoms with Crippen LogP contribution < -0.4 is 10.4 Å². The van der Waals surface area contributed by atoms with Crippen molar-refractivity contribution in [3.05, 3.63) is 60.7 Å². The summed E-state index contributed by atoms with van der Waals surface area (Å²) in [6, 6.07) is 21.2. The molecule has 0 saturated carbocycles. The Balaban J connectivity index is 1.73. The van der Waals surface area contributed by atoms with Gasteiger partial charge in [0.2, 0.25) is 11.6 Å². The number of hydrogen-bond donors (Lipinski definition) is 0. The van der Waals surface area contributed by atoms with Gasteiger partial charge in [-0.3, -0.25) is 0 Å². The zero-order valence-corrected chi connectivity index (χ0v) is 22.4. The summed E-state index contributed by atoms with van der Waals surface area (Å²) >= 11 is 0. The van der Waals surface area contributed by atoms with Crippen molar-refractivity contribution in [2.75, 3.05) is 27.4 Å². The quantitative estimate of drug-likeness (QED) is 0.421. The molecule has 0 radical (unpaired) electrons. The van der Waals surface area contributed by atoms with Gasteiger partial charge in [-0.05, 0) is 29.3 Å². The monoisotopic (exact) mass is 486 g/mol. The van der Waals surface area contributed by atoms with Crippen LogP contribution in [-0.4, -0.2) is 65.6 Å². The molecule has 0 spiro atoms. The van der Waals surface area contributed by atoms with Crippen LogP contribution in [-0.2, 0) is 28.1 Å². The van der Waals surface area contributed by atoms with Gasteiger partial charge in [0, 0.05) is 14.2 Å². The van der Waals surface area contributed by atoms with Crippen LogP contribution in [0.5, 0.6) is 0 Å². The number of rotatable bonds is 8. The Morgan fingerprint density at radius 3 is 1.74 bits per heavy atom. The number of ether oxygens (including phenoxy) is 5. The third-order valence-corrected chi connectivity index (χ3v) is 12.3. The Hall–Kier alpha value is -1.58. The molecule has 2 fully saturated rings. The summed E-state index contributed by atoms with van der Waals surface area (Å²) in [6.07, 6.45) is -0.766. The second-order valence-electron chi connectivity index (χ2n) is 10.4. The summed E-state index contributed by atoms with van der Waals surface area (Å²) in [5.74, 6) is -2.18. The molecular weight excluding hydrogens is 448 g/mol. The van der Waals surface area contributed by atoms with Crippen molar-refractivity contribution in [3.8, 4) is 0 Å². The lowest BCUT2D eigenvalue weighted by Gasteiger charge is -2.52. The number of hydrogen-bond acceptors (Lipinski definition) is 6. The minimum absolute atomic E-state index is 0.0522. The highest BCUT2D eigenvalue weighted by atomic mass is 28.4. The molecule has 0 N–H and O–H groups in total. The molecule has 1 unspecified atom stereocenters. The van der Waals surface area contributed by atoms with E-state index >= 15 is 0 Å². The largest absolute Gasteiger partial charge is 0.405 e. The van der Waals surface area contributed by atoms with Gasteiger partial charge in [0.1, 0.15) is 18.3 Å². The van der Waals surface area contributed by atoms with Crippen LogP contribution >= 0.6 is 0 Å². The molecule has 2 aromatic carbocycles. The maximum absolute atomic E-state index is 7.14. The van der Waals surface area contributed by atoms with Crippen molar-refractivity contribution in [1.82, 2.24) is 0 Å². The lowest BCUT2D eigenvalue weighted by atomic mass is 10.0. The first-order valence-electron chi connectivity index (χ1n) is 11.9. The lowest BCUT2D eigenvalue weighted by Crippen LogP contribution is -2.70. The summed E-state index contributed by atoms with van der Waals surface area (Å²) in [6.45, 7) is 11.5. The molecular formula is C27H38O6Si. The fraction of sp³-hybridized carbons (Fsp3) is 0.556. The number of epoxide rings is 1. The van der Waals surface area contributed by atoms with Gasteiger partial charge in [0.05, 0.1) is 13.2 Å². The van der Waals surface area contributed by atoms with Gasteiger partial charge in [0.25, 0.3) is 8.32 Å². The molecule has 2 heterocycles. The summed E-state index contributed by atoms with van der Waals surface area (Å²) in [4.78, 5) is 0. The van der Waals surface area contributed by atoms with Crippen LogP contribution in [0.1, 0.15) is 34.6 Å². The van der Waals surface area contributed by atoms with E-state index in [1.807, 2.05) is 26.0 Å². The van der Waals surface area contributed by atoms with Crippen molar-refractivity contribution in [2.45, 2.75) is 69.5 Å². The van der Waals surface area contributed by atoms with Crippen LogP contribution in [0.3, 0.4) is 0 Å². The molecule has 0 aliphatic carbocycles. The Morgan fingerprint density at radius 1 is 0.853 bits per heavy atom. The summed E-state index contributed by atoms with van der Waals surface area (Å²) in [5.41, 5.74) is 0. The molecule has 2 aromatic rings. The average molecular weight is 487 g/mol. The van der Waals surface area contributed by atoms with Gasteiger partial charge >= 0.3 is 0 Å². The molecule has 4 rings (SSSR count). The molecule has 186 valence electrons. The van der Waals surface area contributed by atoms with E-state index in [1.54, 1.807) is 14.2 Å². The van der Waals surface area contributed by atoms with E-state index in [0.29, 0.717) is 13.2 Å². The molecule has 0 bridgehead atoms. The number of benzene rings is 2. The van der Waals surface area contributed by atoms with Crippen LogP contribution in [0, 0.1) is 0 Å². The van der Waals surface area contributed by atoms with Crippen LogP contribution in [0.15, 0.2) is 60.7 Å². The van der Waals surface area contributed by atoms with E-state index in [9.17, 15) is 0 Å². The van der Waals surface area contributed by atoms with Crippen molar-refractivity contribution < 1.29 is 28.1 Å². The Bertz CT molecular complexity index is 905. The predicted molar refractivity (Wildman–Crippen MR) is 134 cm³/mol. The SMILES string of the molecule is CO[C@]1(C)O[C@@H](CO[Si](c2ccccc2)(c2ccccc2)C(C)(C)C)[C@H](C2CO2)O[C@@]1(C)OC. The molecule has 2 saturated heterocycles. The first-order chi connectivity index (χ1) is 16.1. The van der Waals surface area contributed by atoms with Crippen molar-refractivity contribution in [3.63, 3.8) is 0 Å². The highest BCUT2D eigenvalue weighted by molar-refractivity contribution is 6.99. The zero-order valence-electron chi connectivity index (χ0n) is 21.4. The van der Waals surface area contributed by atoms with Gasteiger partial charge in [-0.2, -0.15) is 0 Å². The maximum atomic E-state index is 7.14. The Morgan fingerprint density at radius 2 is 1.32 bits per heavy atom. The molecule has 5 atom stereocenters. The molecule has 2 aliphatic rings. The van der Waals surface area contributed by atoms with Gasteiger partial charge in [-0.15, -0.1) is 0 Å². The lowest BCUT2D eigenvalue weighted by molar-refractivity contribution is -0.450. The molecule has 34 heavy (non-hydrogen) atoms. The standard InChI is InChI=1S/C27H38O6Si/c1-25(2,3)34(20-14-10-8-11-15-20,21-16-12-9-13-17-21)31-19-23-24(22-18-30-22)33-27(5,29-7)26(4,28-6)32-23/h8-17,22-24H,18-19H2,1-7H3/t22?,23-,24-,26+,27+/m0/s1. The smallest absolute Gasteiger partial charge is 0.261 e. The highest BCUT2D eigenvalue weighted by Gasteiger charge is 2.60. The second-order valence-corrected chi connectivity index (χ2v) is 14.7. The summed E-state index contributed by atoms with van der Waals surface area (Å²) in [5, 5.41) is 2.31. The third kappa shape index (κ3) is 4.39. The fourth-order valence-electron chi connectivity index (χ4n) is 5.03. The Labute approximate surface area is 204 Å². The molecule has 6 nitrogen and oxygen atoms in total. The minimum atomic E-state index is -2.73. The first-order valence-corrected chi connectivity index (χ1v) is 13.8. The Kier molecular flexibility index (Phi) is 7.10. The van der Waals surface area contributed by atoms with E-state index in [0.717, 1.165) is 0 Å². The normalized spacial score (nSPS) is 31.9. The minimum Gasteiger partial charge on any atom is -0.405 e. The molecule has 0 amide bonds. The molecule has 0 aromatic heterocycles. The van der Waals surface area contributed by atoms with Crippen LogP contribution in [0.25, 0.3) is 0 Å². The highest BCUT2D eigenvalue weighted by Crippen LogP contribution is 2.43. The summed E-state index contributed by atoms with van der Waals surface area (Å²) in [7, 11) is 0.481. The van der Waals surface area contributed by atoms with E-state index in [4.69, 9.17) is 28.1 Å². The van der Waals surface area contributed by atoms with Gasteiger partial charge in [-0.25, -0.2) is 0 Å². The zero-order chi connectivity index (χ0) is 24.6. The number of methoxy groups -OCH3 is 2. The third-order valence-electron chi connectivity index (χ3n) is 7.31. The van der Waals surface area contributed by atoms with E-state index in [2.05, 4.69) is 69.3 Å². The first kappa shape index (κ1) is 25.5. The molecule has 7 heteroatoms. The van der Waals surface area contributed by atoms with Crippen LogP contribution in [0.4, 0.5) is 0 Å². The average Bonchev–Trinajstić information content (AvgIpc) is 3.67. The van der Waals surface area contributed by atoms with Gasteiger partial charge in [-0.1, -0.05) is 81.4 Å².